The first-order chi connectivity index (χ1) is 10.0. The Morgan fingerprint density at radius 1 is 1.52 bits per heavy atom. The van der Waals surface area contributed by atoms with Crippen molar-refractivity contribution in [3.63, 3.8) is 0 Å². The molecule has 21 heavy (non-hydrogen) atoms. The van der Waals surface area contributed by atoms with Crippen LogP contribution in [0.2, 0.25) is 0 Å². The van der Waals surface area contributed by atoms with Crippen LogP contribution in [0.15, 0.2) is 39.8 Å². The van der Waals surface area contributed by atoms with Crippen LogP contribution >= 0.6 is 11.8 Å². The Morgan fingerprint density at radius 3 is 2.86 bits per heavy atom. The molecule has 6 nitrogen and oxygen atoms in total. The third-order valence-corrected chi connectivity index (χ3v) is 3.67. The molecule has 2 rings (SSSR count). The largest absolute Gasteiger partial charge is 0.468 e. The van der Waals surface area contributed by atoms with Crippen LogP contribution in [-0.4, -0.2) is 18.0 Å². The Bertz CT molecular complexity index is 671. The predicted molar refractivity (Wildman–Crippen MR) is 72.7 cm³/mol. The lowest BCUT2D eigenvalue weighted by Gasteiger charge is -2.06. The molecule has 0 amide bonds. The van der Waals surface area contributed by atoms with Crippen molar-refractivity contribution in [3.8, 4) is 0 Å². The van der Waals surface area contributed by atoms with Crippen LogP contribution in [0, 0.1) is 15.9 Å². The summed E-state index contributed by atoms with van der Waals surface area (Å²) in [6, 6.07) is 5.24. The number of ether oxygens (including phenoxy) is 1. The summed E-state index contributed by atoms with van der Waals surface area (Å²) in [7, 11) is 1.11. The van der Waals surface area contributed by atoms with E-state index in [-0.39, 0.29) is 10.5 Å². The van der Waals surface area contributed by atoms with Crippen molar-refractivity contribution in [2.45, 2.75) is 10.6 Å². The number of rotatable bonds is 5. The first-order valence-corrected chi connectivity index (χ1v) is 6.73. The average Bonchev–Trinajstić information content (AvgIpc) is 2.98. The predicted octanol–water partition coefficient (Wildman–Crippen LogP) is 3.41. The molecule has 1 aromatic carbocycles. The summed E-state index contributed by atoms with van der Waals surface area (Å²) in [5.74, 6) is -0.948. The fraction of sp³-hybridized carbons (Fsp3) is 0.154. The third-order valence-electron chi connectivity index (χ3n) is 2.60. The minimum Gasteiger partial charge on any atom is -0.468 e. The van der Waals surface area contributed by atoms with Gasteiger partial charge in [-0.25, -0.2) is 9.18 Å². The van der Waals surface area contributed by atoms with Crippen LogP contribution in [0.25, 0.3) is 0 Å². The number of benzene rings is 1. The Kier molecular flexibility index (Phi) is 4.59. The number of thioether (sulfide) groups is 1. The third kappa shape index (κ3) is 3.40. The number of nitro benzene ring substituents is 1. The number of hydrogen-bond donors (Lipinski definition) is 0. The van der Waals surface area contributed by atoms with Gasteiger partial charge in [0.25, 0.3) is 5.69 Å². The molecule has 0 spiro atoms. The van der Waals surface area contributed by atoms with Crippen LogP contribution in [0.5, 0.6) is 0 Å². The molecule has 0 radical (unpaired) electrons. The number of nitrogens with zero attached hydrogens (tertiary/aromatic N) is 1. The second-order valence-electron chi connectivity index (χ2n) is 3.92. The summed E-state index contributed by atoms with van der Waals surface area (Å²) in [5, 5.41) is 11.0. The maximum absolute atomic E-state index is 13.7. The first kappa shape index (κ1) is 15.0. The van der Waals surface area contributed by atoms with Crippen LogP contribution < -0.4 is 0 Å². The molecule has 0 aliphatic carbocycles. The van der Waals surface area contributed by atoms with Crippen molar-refractivity contribution in [1.29, 1.82) is 0 Å². The van der Waals surface area contributed by atoms with Crippen molar-refractivity contribution in [3.05, 3.63) is 57.8 Å². The number of carbonyl (C=O) groups excluding carboxylic acids is 1. The average molecular weight is 311 g/mol. The lowest BCUT2D eigenvalue weighted by molar-refractivity contribution is -0.387. The van der Waals surface area contributed by atoms with E-state index in [1.54, 1.807) is 12.1 Å². The van der Waals surface area contributed by atoms with Gasteiger partial charge in [0, 0.05) is 0 Å². The number of hydrogen-bond acceptors (Lipinski definition) is 6. The van der Waals surface area contributed by atoms with E-state index in [4.69, 9.17) is 4.42 Å². The second kappa shape index (κ2) is 6.40. The first-order valence-electron chi connectivity index (χ1n) is 5.74. The van der Waals surface area contributed by atoms with Gasteiger partial charge in [0.2, 0.25) is 0 Å². The van der Waals surface area contributed by atoms with E-state index in [2.05, 4.69) is 4.74 Å². The van der Waals surface area contributed by atoms with E-state index in [1.807, 2.05) is 0 Å². The van der Waals surface area contributed by atoms with Crippen molar-refractivity contribution < 1.29 is 23.3 Å². The van der Waals surface area contributed by atoms with Crippen LogP contribution in [-0.2, 0) is 10.5 Å². The minimum atomic E-state index is -0.990. The summed E-state index contributed by atoms with van der Waals surface area (Å²) in [4.78, 5) is 21.9. The molecule has 0 atom stereocenters. The van der Waals surface area contributed by atoms with Gasteiger partial charge in [-0.05, 0) is 18.2 Å². The van der Waals surface area contributed by atoms with E-state index in [0.29, 0.717) is 11.5 Å². The highest BCUT2D eigenvalue weighted by Crippen LogP contribution is 2.34. The fourth-order valence-electron chi connectivity index (χ4n) is 1.61. The van der Waals surface area contributed by atoms with Gasteiger partial charge in [-0.3, -0.25) is 10.1 Å². The van der Waals surface area contributed by atoms with Gasteiger partial charge in [-0.2, -0.15) is 0 Å². The molecule has 1 heterocycles. The number of carbonyl (C=O) groups is 1. The molecular weight excluding hydrogens is 301 g/mol. The lowest BCUT2D eigenvalue weighted by atomic mass is 10.2. The quantitative estimate of drug-likeness (QED) is 0.364. The van der Waals surface area contributed by atoms with Gasteiger partial charge in [0.05, 0.1) is 40.6 Å². The SMILES string of the molecule is COC(=O)c1cc(SCc2ccco2)c([N+](=O)[O-])cc1F. The van der Waals surface area contributed by atoms with Gasteiger partial charge in [0.1, 0.15) is 11.6 Å². The number of furan rings is 1. The van der Waals surface area contributed by atoms with Crippen molar-refractivity contribution >= 4 is 23.4 Å². The zero-order valence-corrected chi connectivity index (χ0v) is 11.7. The molecule has 0 bridgehead atoms. The molecule has 0 fully saturated rings. The molecular formula is C13H10FNO5S. The van der Waals surface area contributed by atoms with Gasteiger partial charge >= 0.3 is 5.97 Å². The van der Waals surface area contributed by atoms with E-state index >= 15 is 0 Å². The second-order valence-corrected chi connectivity index (χ2v) is 4.93. The number of methoxy groups -OCH3 is 1. The molecule has 2 aromatic rings. The van der Waals surface area contributed by atoms with E-state index < -0.39 is 22.4 Å². The summed E-state index contributed by atoms with van der Waals surface area (Å²) in [6.07, 6.45) is 1.48. The molecule has 0 unspecified atom stereocenters. The molecule has 0 aliphatic rings. The highest BCUT2D eigenvalue weighted by atomic mass is 32.2. The van der Waals surface area contributed by atoms with Crippen LogP contribution in [0.4, 0.5) is 10.1 Å². The summed E-state index contributed by atoms with van der Waals surface area (Å²) in [5.41, 5.74) is -0.748. The van der Waals surface area contributed by atoms with Crippen molar-refractivity contribution in [2.24, 2.45) is 0 Å². The monoisotopic (exact) mass is 311 g/mol. The Balaban J connectivity index is 2.35. The van der Waals surface area contributed by atoms with E-state index in [0.717, 1.165) is 31.0 Å². The molecule has 0 saturated heterocycles. The zero-order valence-electron chi connectivity index (χ0n) is 10.9. The standard InChI is InChI=1S/C13H10FNO5S/c1-19-13(16)9-5-12(11(15(17)18)6-10(9)14)21-7-8-3-2-4-20-8/h2-6H,7H2,1H3. The van der Waals surface area contributed by atoms with Gasteiger partial charge < -0.3 is 9.15 Å². The Hall–Kier alpha value is -2.35. The zero-order chi connectivity index (χ0) is 15.4. The maximum Gasteiger partial charge on any atom is 0.340 e. The summed E-state index contributed by atoms with van der Waals surface area (Å²) in [6.45, 7) is 0. The highest BCUT2D eigenvalue weighted by molar-refractivity contribution is 7.98. The van der Waals surface area contributed by atoms with Gasteiger partial charge in [-0.1, -0.05) is 0 Å². The minimum absolute atomic E-state index is 0.165. The van der Waals surface area contributed by atoms with E-state index in [1.165, 1.54) is 6.26 Å². The van der Waals surface area contributed by atoms with Crippen molar-refractivity contribution in [2.75, 3.05) is 7.11 Å². The smallest absolute Gasteiger partial charge is 0.340 e. The molecule has 0 aliphatic heterocycles. The number of nitro groups is 1. The molecule has 8 heteroatoms. The Labute approximate surface area is 123 Å². The molecule has 1 aromatic heterocycles. The highest BCUT2D eigenvalue weighted by Gasteiger charge is 2.22. The Morgan fingerprint density at radius 2 is 2.29 bits per heavy atom. The molecule has 0 saturated carbocycles. The summed E-state index contributed by atoms with van der Waals surface area (Å²) >= 11 is 1.07. The topological polar surface area (TPSA) is 82.6 Å². The van der Waals surface area contributed by atoms with Crippen molar-refractivity contribution in [1.82, 2.24) is 0 Å². The number of halogens is 1. The van der Waals surface area contributed by atoms with E-state index in [9.17, 15) is 19.3 Å². The van der Waals surface area contributed by atoms with Gasteiger partial charge in [-0.15, -0.1) is 11.8 Å². The summed E-state index contributed by atoms with van der Waals surface area (Å²) < 4.78 is 23.3. The van der Waals surface area contributed by atoms with Gasteiger partial charge in [0.15, 0.2) is 0 Å². The number of esters is 1. The fourth-order valence-corrected chi connectivity index (χ4v) is 2.56. The van der Waals surface area contributed by atoms with Crippen LogP contribution in [0.3, 0.4) is 0 Å². The normalized spacial score (nSPS) is 10.4. The molecule has 110 valence electrons. The maximum atomic E-state index is 13.7. The van der Waals surface area contributed by atoms with Crippen LogP contribution in [0.1, 0.15) is 16.1 Å². The molecule has 0 N–H and O–H groups in total. The lowest BCUT2D eigenvalue weighted by Crippen LogP contribution is -2.06.